The van der Waals surface area contributed by atoms with Crippen LogP contribution in [0.4, 0.5) is 16.2 Å². The third kappa shape index (κ3) is 3.48. The van der Waals surface area contributed by atoms with Crippen molar-refractivity contribution in [3.63, 3.8) is 0 Å². The lowest BCUT2D eigenvalue weighted by atomic mass is 10.2. The SMILES string of the molecule is C/C=C/NC(=O)Nc1cc([N+](=O)[O-])ccc1OC. The largest absolute Gasteiger partial charge is 0.495 e. The number of hydrogen-bond acceptors (Lipinski definition) is 4. The molecule has 1 aromatic carbocycles. The lowest BCUT2D eigenvalue weighted by Crippen LogP contribution is -2.24. The van der Waals surface area contributed by atoms with E-state index in [0.717, 1.165) is 0 Å². The summed E-state index contributed by atoms with van der Waals surface area (Å²) in [6, 6.07) is 3.44. The zero-order chi connectivity index (χ0) is 13.5. The molecule has 0 atom stereocenters. The zero-order valence-corrected chi connectivity index (χ0v) is 9.97. The van der Waals surface area contributed by atoms with Gasteiger partial charge in [-0.3, -0.25) is 10.1 Å². The molecule has 0 fully saturated rings. The predicted octanol–water partition coefficient (Wildman–Crippen LogP) is 2.26. The average Bonchev–Trinajstić information content (AvgIpc) is 2.36. The number of amides is 2. The van der Waals surface area contributed by atoms with Gasteiger partial charge >= 0.3 is 6.03 Å². The van der Waals surface area contributed by atoms with Crippen LogP contribution in [0, 0.1) is 10.1 Å². The van der Waals surface area contributed by atoms with Crippen LogP contribution in [0.25, 0.3) is 0 Å². The molecule has 0 unspecified atom stereocenters. The average molecular weight is 251 g/mol. The molecule has 2 amide bonds. The number of nitro benzene ring substituents is 1. The van der Waals surface area contributed by atoms with E-state index >= 15 is 0 Å². The quantitative estimate of drug-likeness (QED) is 0.634. The highest BCUT2D eigenvalue weighted by Gasteiger charge is 2.12. The third-order valence-electron chi connectivity index (χ3n) is 2.02. The van der Waals surface area contributed by atoms with Gasteiger partial charge in [0.2, 0.25) is 0 Å². The Morgan fingerprint density at radius 2 is 2.22 bits per heavy atom. The topological polar surface area (TPSA) is 93.5 Å². The molecule has 0 spiro atoms. The van der Waals surface area contributed by atoms with E-state index in [0.29, 0.717) is 5.75 Å². The van der Waals surface area contributed by atoms with Crippen molar-refractivity contribution in [2.75, 3.05) is 12.4 Å². The van der Waals surface area contributed by atoms with E-state index in [1.807, 2.05) is 0 Å². The van der Waals surface area contributed by atoms with Crippen molar-refractivity contribution >= 4 is 17.4 Å². The number of hydrogen-bond donors (Lipinski definition) is 2. The zero-order valence-electron chi connectivity index (χ0n) is 9.97. The van der Waals surface area contributed by atoms with E-state index in [9.17, 15) is 14.9 Å². The first-order chi connectivity index (χ1) is 8.58. The number of nitrogens with zero attached hydrogens (tertiary/aromatic N) is 1. The minimum absolute atomic E-state index is 0.128. The third-order valence-corrected chi connectivity index (χ3v) is 2.02. The van der Waals surface area contributed by atoms with Crippen LogP contribution in [-0.4, -0.2) is 18.1 Å². The fourth-order valence-corrected chi connectivity index (χ4v) is 1.22. The Balaban J connectivity index is 2.94. The molecule has 0 radical (unpaired) electrons. The van der Waals surface area contributed by atoms with Crippen molar-refractivity contribution in [1.82, 2.24) is 5.32 Å². The van der Waals surface area contributed by atoms with E-state index in [1.165, 1.54) is 31.5 Å². The normalized spacial score (nSPS) is 10.1. The van der Waals surface area contributed by atoms with Gasteiger partial charge in [-0.1, -0.05) is 6.08 Å². The number of ether oxygens (including phenoxy) is 1. The number of non-ortho nitro benzene ring substituents is 1. The number of carbonyl (C=O) groups is 1. The lowest BCUT2D eigenvalue weighted by molar-refractivity contribution is -0.384. The summed E-state index contributed by atoms with van der Waals surface area (Å²) in [5.74, 6) is 0.344. The Bertz CT molecular complexity index is 485. The van der Waals surface area contributed by atoms with Crippen LogP contribution in [-0.2, 0) is 0 Å². The minimum Gasteiger partial charge on any atom is -0.495 e. The number of anilines is 1. The number of nitrogens with one attached hydrogen (secondary N) is 2. The summed E-state index contributed by atoms with van der Waals surface area (Å²) >= 11 is 0. The number of methoxy groups -OCH3 is 1. The summed E-state index contributed by atoms with van der Waals surface area (Å²) in [4.78, 5) is 21.5. The van der Waals surface area contributed by atoms with Gasteiger partial charge in [0.05, 0.1) is 17.7 Å². The highest BCUT2D eigenvalue weighted by atomic mass is 16.6. The fourth-order valence-electron chi connectivity index (χ4n) is 1.22. The van der Waals surface area contributed by atoms with Gasteiger partial charge in [0.1, 0.15) is 5.75 Å². The summed E-state index contributed by atoms with van der Waals surface area (Å²) in [6.07, 6.45) is 3.09. The number of carbonyl (C=O) groups excluding carboxylic acids is 1. The number of allylic oxidation sites excluding steroid dienone is 1. The minimum atomic E-state index is -0.547. The van der Waals surface area contributed by atoms with Crippen LogP contribution in [0.2, 0.25) is 0 Å². The lowest BCUT2D eigenvalue weighted by Gasteiger charge is -2.09. The van der Waals surface area contributed by atoms with Crippen LogP contribution < -0.4 is 15.4 Å². The molecule has 0 heterocycles. The molecule has 18 heavy (non-hydrogen) atoms. The summed E-state index contributed by atoms with van der Waals surface area (Å²) in [6.45, 7) is 1.74. The molecule has 0 aromatic heterocycles. The highest BCUT2D eigenvalue weighted by molar-refractivity contribution is 5.91. The smallest absolute Gasteiger partial charge is 0.323 e. The van der Waals surface area contributed by atoms with E-state index < -0.39 is 11.0 Å². The highest BCUT2D eigenvalue weighted by Crippen LogP contribution is 2.28. The van der Waals surface area contributed by atoms with Crippen LogP contribution >= 0.6 is 0 Å². The van der Waals surface area contributed by atoms with Crippen LogP contribution in [0.3, 0.4) is 0 Å². The van der Waals surface area contributed by atoms with E-state index in [1.54, 1.807) is 13.0 Å². The Labute approximate surface area is 104 Å². The first kappa shape index (κ1) is 13.5. The Morgan fingerprint density at radius 3 is 2.78 bits per heavy atom. The van der Waals surface area contributed by atoms with Gasteiger partial charge in [0.15, 0.2) is 0 Å². The monoisotopic (exact) mass is 251 g/mol. The molecular formula is C11H13N3O4. The molecule has 0 aliphatic carbocycles. The summed E-state index contributed by atoms with van der Waals surface area (Å²) in [5.41, 5.74) is 0.103. The summed E-state index contributed by atoms with van der Waals surface area (Å²) in [7, 11) is 1.41. The maximum atomic E-state index is 11.4. The van der Waals surface area contributed by atoms with E-state index in [4.69, 9.17) is 4.74 Å². The molecule has 2 N–H and O–H groups in total. The Morgan fingerprint density at radius 1 is 1.50 bits per heavy atom. The van der Waals surface area contributed by atoms with Crippen LogP contribution in [0.5, 0.6) is 5.75 Å². The molecule has 7 nitrogen and oxygen atoms in total. The molecule has 0 aliphatic rings. The second-order valence-corrected chi connectivity index (χ2v) is 3.24. The van der Waals surface area contributed by atoms with Gasteiger partial charge in [0.25, 0.3) is 5.69 Å². The Kier molecular flexibility index (Phi) is 4.67. The molecule has 0 aliphatic heterocycles. The van der Waals surface area contributed by atoms with Gasteiger partial charge < -0.3 is 15.4 Å². The van der Waals surface area contributed by atoms with Crippen molar-refractivity contribution in [1.29, 1.82) is 0 Å². The number of urea groups is 1. The maximum Gasteiger partial charge on any atom is 0.323 e. The fraction of sp³-hybridized carbons (Fsp3) is 0.182. The molecule has 7 heteroatoms. The van der Waals surface area contributed by atoms with E-state index in [2.05, 4.69) is 10.6 Å². The molecule has 0 saturated heterocycles. The van der Waals surface area contributed by atoms with Gasteiger partial charge in [0, 0.05) is 18.3 Å². The van der Waals surface area contributed by atoms with Gasteiger partial charge in [-0.05, 0) is 13.0 Å². The van der Waals surface area contributed by atoms with Crippen LogP contribution in [0.1, 0.15) is 6.92 Å². The molecule has 0 bridgehead atoms. The van der Waals surface area contributed by atoms with E-state index in [-0.39, 0.29) is 11.4 Å². The van der Waals surface area contributed by atoms with Gasteiger partial charge in [-0.2, -0.15) is 0 Å². The first-order valence-corrected chi connectivity index (χ1v) is 5.09. The Hall–Kier alpha value is -2.57. The second kappa shape index (κ2) is 6.24. The number of nitro groups is 1. The second-order valence-electron chi connectivity index (χ2n) is 3.24. The van der Waals surface area contributed by atoms with Gasteiger partial charge in [-0.15, -0.1) is 0 Å². The molecule has 96 valence electrons. The van der Waals surface area contributed by atoms with Crippen molar-refractivity contribution in [3.05, 3.63) is 40.6 Å². The maximum absolute atomic E-state index is 11.4. The first-order valence-electron chi connectivity index (χ1n) is 5.09. The standard InChI is InChI=1S/C11H13N3O4/c1-3-6-12-11(15)13-9-7-8(14(16)17)4-5-10(9)18-2/h3-7H,1-2H3,(H2,12,13,15)/b6-3+. The van der Waals surface area contributed by atoms with Crippen LogP contribution in [0.15, 0.2) is 30.5 Å². The number of benzene rings is 1. The van der Waals surface area contributed by atoms with Crippen molar-refractivity contribution in [3.8, 4) is 5.75 Å². The molecule has 0 saturated carbocycles. The van der Waals surface area contributed by atoms with Gasteiger partial charge in [-0.25, -0.2) is 4.79 Å². The van der Waals surface area contributed by atoms with Crippen molar-refractivity contribution in [2.24, 2.45) is 0 Å². The molecule has 1 rings (SSSR count). The molecular weight excluding hydrogens is 238 g/mol. The van der Waals surface area contributed by atoms with Crippen molar-refractivity contribution < 1.29 is 14.5 Å². The molecule has 1 aromatic rings. The van der Waals surface area contributed by atoms with Crippen molar-refractivity contribution in [2.45, 2.75) is 6.92 Å². The summed E-state index contributed by atoms with van der Waals surface area (Å²) in [5, 5.41) is 15.5. The predicted molar refractivity (Wildman–Crippen MR) is 66.6 cm³/mol. The number of rotatable bonds is 4. The summed E-state index contributed by atoms with van der Waals surface area (Å²) < 4.78 is 5.00.